The third-order valence-electron chi connectivity index (χ3n) is 5.89. The summed E-state index contributed by atoms with van der Waals surface area (Å²) in [6.07, 6.45) is 2.16. The van der Waals surface area contributed by atoms with E-state index in [1.165, 1.54) is 16.7 Å². The molecule has 138 valence electrons. The molecule has 3 aromatic carbocycles. The molecular weight excluding hydrogens is 340 g/mol. The van der Waals surface area contributed by atoms with Crippen LogP contribution in [-0.2, 0) is 7.05 Å². The molecule has 0 saturated heterocycles. The normalized spacial score (nSPS) is 13.8. The van der Waals surface area contributed by atoms with Crippen molar-refractivity contribution in [1.82, 2.24) is 4.40 Å². The van der Waals surface area contributed by atoms with Crippen LogP contribution < -0.4 is 4.57 Å². The van der Waals surface area contributed by atoms with Crippen LogP contribution in [0.1, 0.15) is 26.4 Å². The zero-order valence-electron chi connectivity index (χ0n) is 19.7. The van der Waals surface area contributed by atoms with Gasteiger partial charge < -0.3 is 0 Å². The first kappa shape index (κ1) is 14.0. The van der Waals surface area contributed by atoms with E-state index in [-0.39, 0.29) is 0 Å². The van der Waals surface area contributed by atoms with Gasteiger partial charge in [-0.1, -0.05) is 48.5 Å². The minimum absolute atomic E-state index is 0.395. The van der Waals surface area contributed by atoms with Gasteiger partial charge in [-0.25, -0.2) is 4.57 Å². The zero-order valence-corrected chi connectivity index (χ0v) is 16.7. The Hall–Kier alpha value is -3.13. The van der Waals surface area contributed by atoms with Crippen molar-refractivity contribution in [3.8, 4) is 11.3 Å². The molecule has 28 heavy (non-hydrogen) atoms. The van der Waals surface area contributed by atoms with E-state index in [2.05, 4.69) is 67.2 Å². The number of imidazole rings is 1. The maximum absolute atomic E-state index is 8.20. The van der Waals surface area contributed by atoms with Gasteiger partial charge >= 0.3 is 0 Å². The molecule has 0 aliphatic heterocycles. The van der Waals surface area contributed by atoms with Crippen molar-refractivity contribution in [2.24, 2.45) is 7.05 Å². The second-order valence-corrected chi connectivity index (χ2v) is 7.75. The van der Waals surface area contributed by atoms with Gasteiger partial charge in [-0.2, -0.15) is 4.40 Å². The van der Waals surface area contributed by atoms with E-state index >= 15 is 0 Å². The maximum atomic E-state index is 8.20. The number of pyridine rings is 1. The molecule has 2 aromatic heterocycles. The number of aromatic nitrogens is 2. The average molecular weight is 369 g/mol. The largest absolute Gasteiger partial charge is 0.295 e. The Labute approximate surface area is 169 Å². The van der Waals surface area contributed by atoms with Crippen LogP contribution in [0, 0.1) is 27.6 Å². The number of nitrogens with zero attached hydrogens (tertiary/aromatic N) is 2. The molecule has 0 radical (unpaired) electrons. The molecule has 0 atom stereocenters. The number of benzene rings is 3. The van der Waals surface area contributed by atoms with Crippen molar-refractivity contribution < 1.29 is 8.68 Å². The zero-order chi connectivity index (χ0) is 22.1. The first-order valence-electron chi connectivity index (χ1n) is 11.1. The summed E-state index contributed by atoms with van der Waals surface area (Å²) >= 11 is 0. The topological polar surface area (TPSA) is 8.29 Å². The highest BCUT2D eigenvalue weighted by molar-refractivity contribution is 6.14. The molecule has 0 unspecified atom stereocenters. The van der Waals surface area contributed by atoms with Gasteiger partial charge in [0.25, 0.3) is 5.65 Å². The summed E-state index contributed by atoms with van der Waals surface area (Å²) < 4.78 is 29.0. The van der Waals surface area contributed by atoms with Gasteiger partial charge in [-0.3, -0.25) is 0 Å². The molecule has 0 fully saturated rings. The Balaban J connectivity index is 2.14. The second kappa shape index (κ2) is 5.93. The summed E-state index contributed by atoms with van der Waals surface area (Å²) in [6, 6.07) is 18.1. The van der Waals surface area contributed by atoms with E-state index in [0.717, 1.165) is 38.6 Å². The quantitative estimate of drug-likeness (QED) is 0.254. The SMILES string of the molecule is [2H]C([2H])([2H])c1cccc2c1c1cccc(C)c1c1n2c(-c2c(C)cccc2C)c[n+]1C. The number of hydrogen-bond donors (Lipinski definition) is 0. The van der Waals surface area contributed by atoms with E-state index < -0.39 is 6.85 Å². The van der Waals surface area contributed by atoms with Gasteiger partial charge in [0.15, 0.2) is 5.69 Å². The fraction of sp³-hybridized carbons (Fsp3) is 0.192. The highest BCUT2D eigenvalue weighted by atomic mass is 15.1. The number of rotatable bonds is 1. The number of fused-ring (bicyclic) bond motifs is 6. The van der Waals surface area contributed by atoms with Gasteiger partial charge in [-0.15, -0.1) is 0 Å². The molecule has 0 saturated carbocycles. The van der Waals surface area contributed by atoms with Crippen molar-refractivity contribution in [1.29, 1.82) is 0 Å². The fourth-order valence-electron chi connectivity index (χ4n) is 4.68. The molecule has 0 N–H and O–H groups in total. The van der Waals surface area contributed by atoms with E-state index in [1.54, 1.807) is 6.07 Å². The van der Waals surface area contributed by atoms with Crippen molar-refractivity contribution in [3.05, 3.63) is 83.0 Å². The molecule has 5 aromatic rings. The van der Waals surface area contributed by atoms with Gasteiger partial charge in [0.05, 0.1) is 12.4 Å². The minimum Gasteiger partial charge on any atom is -0.232 e. The Kier molecular flexibility index (Phi) is 2.96. The average Bonchev–Trinajstić information content (AvgIpc) is 3.04. The minimum atomic E-state index is -2.20. The second-order valence-electron chi connectivity index (χ2n) is 7.75. The summed E-state index contributed by atoms with van der Waals surface area (Å²) in [5, 5.41) is 2.88. The first-order chi connectivity index (χ1) is 14.7. The lowest BCUT2D eigenvalue weighted by molar-refractivity contribution is -0.643. The van der Waals surface area contributed by atoms with Gasteiger partial charge in [0.1, 0.15) is 11.7 Å². The van der Waals surface area contributed by atoms with Gasteiger partial charge in [-0.05, 0) is 55.9 Å². The molecule has 0 aliphatic carbocycles. The lowest BCUT2D eigenvalue weighted by Gasteiger charge is -2.11. The van der Waals surface area contributed by atoms with Crippen molar-refractivity contribution >= 4 is 27.3 Å². The summed E-state index contributed by atoms with van der Waals surface area (Å²) in [6.45, 7) is 4.16. The van der Waals surface area contributed by atoms with Gasteiger partial charge in [0, 0.05) is 20.4 Å². The van der Waals surface area contributed by atoms with Crippen LogP contribution in [0.2, 0.25) is 0 Å². The van der Waals surface area contributed by atoms with Crippen LogP contribution >= 0.6 is 0 Å². The third kappa shape index (κ3) is 2.18. The molecule has 2 nitrogen and oxygen atoms in total. The van der Waals surface area contributed by atoms with Crippen molar-refractivity contribution in [2.75, 3.05) is 0 Å². The standard InChI is InChI=1S/C26H25N2/c1-16-9-6-10-17(2)23(16)22-15-27(5)26-25-19(4)11-7-13-20(25)24-18(3)12-8-14-21(24)28(22)26/h6-15H,1-5H3/q+1/i3D3. The lowest BCUT2D eigenvalue weighted by Crippen LogP contribution is -2.26. The summed E-state index contributed by atoms with van der Waals surface area (Å²) in [4.78, 5) is 0. The van der Waals surface area contributed by atoms with E-state index in [9.17, 15) is 0 Å². The van der Waals surface area contributed by atoms with Crippen LogP contribution in [0.25, 0.3) is 38.6 Å². The molecule has 0 amide bonds. The molecule has 0 spiro atoms. The monoisotopic (exact) mass is 368 g/mol. The molecule has 2 heteroatoms. The molecule has 0 bridgehead atoms. The highest BCUT2D eigenvalue weighted by Crippen LogP contribution is 2.36. The molecule has 2 heterocycles. The van der Waals surface area contributed by atoms with Crippen LogP contribution in [0.5, 0.6) is 0 Å². The predicted octanol–water partition coefficient (Wildman–Crippen LogP) is 5.97. The molecule has 0 aliphatic rings. The Morgan fingerprint density at radius 3 is 2.18 bits per heavy atom. The van der Waals surface area contributed by atoms with Crippen LogP contribution in [-0.4, -0.2) is 4.40 Å². The highest BCUT2D eigenvalue weighted by Gasteiger charge is 2.26. The predicted molar refractivity (Wildman–Crippen MR) is 118 cm³/mol. The number of hydrogen-bond acceptors (Lipinski definition) is 0. The molecular formula is C26H25N2+. The summed E-state index contributed by atoms with van der Waals surface area (Å²) in [7, 11) is 2.07. The third-order valence-corrected chi connectivity index (χ3v) is 5.89. The molecule has 5 rings (SSSR count). The van der Waals surface area contributed by atoms with E-state index in [4.69, 9.17) is 4.11 Å². The Morgan fingerprint density at radius 2 is 1.43 bits per heavy atom. The fourth-order valence-corrected chi connectivity index (χ4v) is 4.68. The summed E-state index contributed by atoms with van der Waals surface area (Å²) in [5.74, 6) is 0. The van der Waals surface area contributed by atoms with E-state index in [1.807, 2.05) is 24.3 Å². The van der Waals surface area contributed by atoms with Crippen LogP contribution in [0.15, 0.2) is 60.8 Å². The van der Waals surface area contributed by atoms with Crippen molar-refractivity contribution in [2.45, 2.75) is 27.6 Å². The van der Waals surface area contributed by atoms with Crippen LogP contribution in [0.4, 0.5) is 0 Å². The number of aryl methyl sites for hydroxylation is 5. The van der Waals surface area contributed by atoms with Gasteiger partial charge in [0.2, 0.25) is 0 Å². The van der Waals surface area contributed by atoms with E-state index in [0.29, 0.717) is 5.56 Å². The van der Waals surface area contributed by atoms with Crippen LogP contribution in [0.3, 0.4) is 0 Å². The Bertz CT molecular complexity index is 1490. The summed E-state index contributed by atoms with van der Waals surface area (Å²) in [5.41, 5.74) is 8.17. The van der Waals surface area contributed by atoms with Crippen molar-refractivity contribution in [3.63, 3.8) is 0 Å². The lowest BCUT2D eigenvalue weighted by atomic mass is 9.98. The first-order valence-corrected chi connectivity index (χ1v) is 9.62. The smallest absolute Gasteiger partial charge is 0.232 e. The Morgan fingerprint density at radius 1 is 0.786 bits per heavy atom. The maximum Gasteiger partial charge on any atom is 0.295 e.